The summed E-state index contributed by atoms with van der Waals surface area (Å²) in [5.41, 5.74) is 3.41. The second-order valence-corrected chi connectivity index (χ2v) is 5.60. The number of aliphatic hydroxyl groups excluding tert-OH is 1. The van der Waals surface area contributed by atoms with Gasteiger partial charge in [0.2, 0.25) is 0 Å². The van der Waals surface area contributed by atoms with Crippen molar-refractivity contribution in [3.8, 4) is 0 Å². The van der Waals surface area contributed by atoms with Crippen LogP contribution in [-0.4, -0.2) is 34.2 Å². The van der Waals surface area contributed by atoms with Crippen LogP contribution in [0.4, 0.5) is 0 Å². The molecule has 0 radical (unpaired) electrons. The first-order chi connectivity index (χ1) is 10.2. The van der Waals surface area contributed by atoms with Gasteiger partial charge in [-0.25, -0.2) is 0 Å². The molecule has 3 nitrogen and oxygen atoms in total. The molecule has 0 atom stereocenters. The molecule has 1 N–H and O–H groups in total. The Labute approximate surface area is 127 Å². The molecule has 3 heteroatoms. The average Bonchev–Trinajstić information content (AvgIpc) is 2.48. The fourth-order valence-corrected chi connectivity index (χ4v) is 3.07. The quantitative estimate of drug-likeness (QED) is 0.846. The molecule has 0 amide bonds. The Balaban J connectivity index is 2.35. The van der Waals surface area contributed by atoms with Crippen molar-refractivity contribution in [3.05, 3.63) is 41.6 Å². The lowest BCUT2D eigenvalue weighted by Crippen LogP contribution is -2.36. The van der Waals surface area contributed by atoms with Gasteiger partial charge in [0.25, 0.3) is 0 Å². The molecule has 0 fully saturated rings. The standard InChI is InChI=1S/C18H26N2O/c1-4-16(5-2)20(10-11-21)13-15-12-14(3)19-18-9-7-6-8-17(15)18/h6-9,12,16,21H,4-5,10-11,13H2,1-3H3. The van der Waals surface area contributed by atoms with Crippen LogP contribution in [0.2, 0.25) is 0 Å². The van der Waals surface area contributed by atoms with Gasteiger partial charge in [0.15, 0.2) is 0 Å². The van der Waals surface area contributed by atoms with Gasteiger partial charge in [-0.15, -0.1) is 0 Å². The molecule has 0 aliphatic carbocycles. The molecule has 21 heavy (non-hydrogen) atoms. The zero-order chi connectivity index (χ0) is 15.2. The van der Waals surface area contributed by atoms with Crippen LogP contribution < -0.4 is 0 Å². The fraction of sp³-hybridized carbons (Fsp3) is 0.500. The molecule has 0 aliphatic heterocycles. The number of aryl methyl sites for hydroxylation is 1. The first-order valence-electron chi connectivity index (χ1n) is 7.89. The van der Waals surface area contributed by atoms with Crippen LogP contribution in [0.1, 0.15) is 37.9 Å². The SMILES string of the molecule is CCC(CC)N(CCO)Cc1cc(C)nc2ccccc12. The molecule has 1 aromatic heterocycles. The van der Waals surface area contributed by atoms with E-state index in [9.17, 15) is 5.11 Å². The van der Waals surface area contributed by atoms with E-state index in [4.69, 9.17) is 0 Å². The Morgan fingerprint density at radius 3 is 2.57 bits per heavy atom. The van der Waals surface area contributed by atoms with Crippen molar-refractivity contribution in [2.24, 2.45) is 0 Å². The minimum Gasteiger partial charge on any atom is -0.395 e. The van der Waals surface area contributed by atoms with Crippen LogP contribution in [0, 0.1) is 6.92 Å². The van der Waals surface area contributed by atoms with Crippen molar-refractivity contribution in [3.63, 3.8) is 0 Å². The molecule has 2 aromatic rings. The maximum absolute atomic E-state index is 9.37. The number of benzene rings is 1. The molecular weight excluding hydrogens is 260 g/mol. The summed E-state index contributed by atoms with van der Waals surface area (Å²) in [6, 6.07) is 11.0. The smallest absolute Gasteiger partial charge is 0.0708 e. The number of aromatic nitrogens is 1. The van der Waals surface area contributed by atoms with Crippen molar-refractivity contribution in [2.45, 2.75) is 46.2 Å². The first kappa shape index (κ1) is 15.9. The van der Waals surface area contributed by atoms with E-state index in [-0.39, 0.29) is 6.61 Å². The predicted octanol–water partition coefficient (Wildman–Crippen LogP) is 3.53. The lowest BCUT2D eigenvalue weighted by molar-refractivity contribution is 0.137. The Morgan fingerprint density at radius 2 is 1.90 bits per heavy atom. The lowest BCUT2D eigenvalue weighted by atomic mass is 10.0. The predicted molar refractivity (Wildman–Crippen MR) is 88.3 cm³/mol. The van der Waals surface area contributed by atoms with Crippen LogP contribution in [0.25, 0.3) is 10.9 Å². The summed E-state index contributed by atoms with van der Waals surface area (Å²) in [4.78, 5) is 7.00. The first-order valence-corrected chi connectivity index (χ1v) is 7.89. The summed E-state index contributed by atoms with van der Waals surface area (Å²) < 4.78 is 0. The van der Waals surface area contributed by atoms with Crippen molar-refractivity contribution < 1.29 is 5.11 Å². The number of aliphatic hydroxyl groups is 1. The van der Waals surface area contributed by atoms with E-state index in [1.54, 1.807) is 0 Å². The number of nitrogens with zero attached hydrogens (tertiary/aromatic N) is 2. The third-order valence-corrected chi connectivity index (χ3v) is 4.15. The second-order valence-electron chi connectivity index (χ2n) is 5.60. The van der Waals surface area contributed by atoms with Gasteiger partial charge < -0.3 is 5.11 Å². The number of hydrogen-bond acceptors (Lipinski definition) is 3. The monoisotopic (exact) mass is 286 g/mol. The molecule has 0 saturated heterocycles. The zero-order valence-corrected chi connectivity index (χ0v) is 13.3. The average molecular weight is 286 g/mol. The molecule has 0 bridgehead atoms. The van der Waals surface area contributed by atoms with Gasteiger partial charge >= 0.3 is 0 Å². The van der Waals surface area contributed by atoms with Crippen LogP contribution in [0.5, 0.6) is 0 Å². The largest absolute Gasteiger partial charge is 0.395 e. The third kappa shape index (κ3) is 3.80. The van der Waals surface area contributed by atoms with Gasteiger partial charge in [-0.2, -0.15) is 0 Å². The highest BCUT2D eigenvalue weighted by molar-refractivity contribution is 5.82. The normalized spacial score (nSPS) is 11.7. The lowest BCUT2D eigenvalue weighted by Gasteiger charge is -2.30. The minimum absolute atomic E-state index is 0.207. The van der Waals surface area contributed by atoms with Crippen molar-refractivity contribution in [2.75, 3.05) is 13.2 Å². The van der Waals surface area contributed by atoms with E-state index in [0.717, 1.165) is 37.1 Å². The van der Waals surface area contributed by atoms with Gasteiger partial charge in [-0.05, 0) is 37.5 Å². The van der Waals surface area contributed by atoms with E-state index in [0.29, 0.717) is 6.04 Å². The number of hydrogen-bond donors (Lipinski definition) is 1. The molecule has 0 aliphatic rings. The number of fused-ring (bicyclic) bond motifs is 1. The molecule has 0 unspecified atom stereocenters. The zero-order valence-electron chi connectivity index (χ0n) is 13.3. The summed E-state index contributed by atoms with van der Waals surface area (Å²) in [6.45, 7) is 8.28. The van der Waals surface area contributed by atoms with E-state index in [1.807, 2.05) is 13.0 Å². The van der Waals surface area contributed by atoms with Crippen molar-refractivity contribution in [1.82, 2.24) is 9.88 Å². The molecule has 1 heterocycles. The highest BCUT2D eigenvalue weighted by Gasteiger charge is 2.16. The maximum atomic E-state index is 9.37. The van der Waals surface area contributed by atoms with E-state index >= 15 is 0 Å². The second kappa shape index (κ2) is 7.53. The molecular formula is C18H26N2O. The van der Waals surface area contributed by atoms with Crippen LogP contribution in [0.15, 0.2) is 30.3 Å². The number of pyridine rings is 1. The number of para-hydroxylation sites is 1. The van der Waals surface area contributed by atoms with Crippen LogP contribution in [0.3, 0.4) is 0 Å². The molecule has 0 saturated carbocycles. The maximum Gasteiger partial charge on any atom is 0.0708 e. The summed E-state index contributed by atoms with van der Waals surface area (Å²) in [7, 11) is 0. The van der Waals surface area contributed by atoms with Crippen molar-refractivity contribution in [1.29, 1.82) is 0 Å². The Hall–Kier alpha value is -1.45. The topological polar surface area (TPSA) is 36.4 Å². The Morgan fingerprint density at radius 1 is 1.19 bits per heavy atom. The molecule has 114 valence electrons. The molecule has 1 aromatic carbocycles. The summed E-state index contributed by atoms with van der Waals surface area (Å²) in [6.07, 6.45) is 2.22. The van der Waals surface area contributed by atoms with Crippen molar-refractivity contribution >= 4 is 10.9 Å². The summed E-state index contributed by atoms with van der Waals surface area (Å²) in [5, 5.41) is 10.6. The van der Waals surface area contributed by atoms with E-state index < -0.39 is 0 Å². The summed E-state index contributed by atoms with van der Waals surface area (Å²) >= 11 is 0. The van der Waals surface area contributed by atoms with Gasteiger partial charge in [0.1, 0.15) is 0 Å². The van der Waals surface area contributed by atoms with Gasteiger partial charge in [-0.3, -0.25) is 9.88 Å². The minimum atomic E-state index is 0.207. The number of rotatable bonds is 7. The Kier molecular flexibility index (Phi) is 5.71. The van der Waals surface area contributed by atoms with Gasteiger partial charge in [0, 0.05) is 30.2 Å². The Bertz CT molecular complexity index is 578. The van der Waals surface area contributed by atoms with Gasteiger partial charge in [-0.1, -0.05) is 32.0 Å². The molecule has 0 spiro atoms. The molecule has 2 rings (SSSR count). The highest BCUT2D eigenvalue weighted by Crippen LogP contribution is 2.21. The third-order valence-electron chi connectivity index (χ3n) is 4.15. The highest BCUT2D eigenvalue weighted by atomic mass is 16.3. The summed E-state index contributed by atoms with van der Waals surface area (Å²) in [5.74, 6) is 0. The fourth-order valence-electron chi connectivity index (χ4n) is 3.07. The van der Waals surface area contributed by atoms with E-state index in [2.05, 4.69) is 48.0 Å². The van der Waals surface area contributed by atoms with Crippen LogP contribution >= 0.6 is 0 Å². The van der Waals surface area contributed by atoms with Crippen LogP contribution in [-0.2, 0) is 6.54 Å². The van der Waals surface area contributed by atoms with E-state index in [1.165, 1.54) is 10.9 Å². The van der Waals surface area contributed by atoms with Gasteiger partial charge in [0.05, 0.1) is 12.1 Å².